The number of hydrogen-bond acceptors (Lipinski definition) is 3. The second kappa shape index (κ2) is 16.1. The SMILES string of the molecule is CCCc1nn(-c2[c-]c(Oc3[c-]c4c(cc3)c3ccccc3n4-c3cc(CC(C)C)ccn3)cc(C(C)(C)C)c2)c(CCC)c1-c1c(C)cccc1C.[Pd+2]. The number of nitrogens with zero attached hydrogens (tertiary/aromatic N) is 4. The Bertz CT molecular complexity index is 2410. The van der Waals surface area contributed by atoms with Crippen LogP contribution in [0.15, 0.2) is 85.1 Å². The van der Waals surface area contributed by atoms with Crippen molar-refractivity contribution in [1.29, 1.82) is 0 Å². The maximum absolute atomic E-state index is 6.77. The van der Waals surface area contributed by atoms with E-state index >= 15 is 0 Å². The summed E-state index contributed by atoms with van der Waals surface area (Å²) < 4.78 is 11.1. The Morgan fingerprint density at radius 2 is 1.52 bits per heavy atom. The Labute approximate surface area is 335 Å². The third-order valence-corrected chi connectivity index (χ3v) is 10.1. The Morgan fingerprint density at radius 1 is 0.778 bits per heavy atom. The van der Waals surface area contributed by atoms with E-state index in [1.807, 2.05) is 12.3 Å². The van der Waals surface area contributed by atoms with Gasteiger partial charge in [-0.3, -0.25) is 4.68 Å². The number of para-hydroxylation sites is 1. The van der Waals surface area contributed by atoms with E-state index in [0.29, 0.717) is 17.4 Å². The van der Waals surface area contributed by atoms with Crippen molar-refractivity contribution >= 4 is 21.8 Å². The van der Waals surface area contributed by atoms with Gasteiger partial charge in [0.2, 0.25) is 0 Å². The number of rotatable bonds is 11. The number of aromatic nitrogens is 4. The maximum atomic E-state index is 6.77. The van der Waals surface area contributed by atoms with Gasteiger partial charge in [0.1, 0.15) is 5.82 Å². The minimum Gasteiger partial charge on any atom is -0.509 e. The number of fused-ring (bicyclic) bond motifs is 3. The summed E-state index contributed by atoms with van der Waals surface area (Å²) in [5, 5.41) is 7.64. The molecular weight excluding hydrogens is 755 g/mol. The molecular formula is C48H52N4OPd. The van der Waals surface area contributed by atoms with Gasteiger partial charge in [0, 0.05) is 34.5 Å². The first-order valence-corrected chi connectivity index (χ1v) is 19.3. The molecule has 5 nitrogen and oxygen atoms in total. The molecule has 0 radical (unpaired) electrons. The molecule has 0 fully saturated rings. The quantitative estimate of drug-likeness (QED) is 0.0966. The second-order valence-electron chi connectivity index (χ2n) is 16.0. The summed E-state index contributed by atoms with van der Waals surface area (Å²) in [7, 11) is 0. The number of ether oxygens (including phenoxy) is 1. The van der Waals surface area contributed by atoms with E-state index < -0.39 is 0 Å². The van der Waals surface area contributed by atoms with Crippen molar-refractivity contribution in [2.45, 2.75) is 99.8 Å². The molecule has 0 bridgehead atoms. The topological polar surface area (TPSA) is 44.9 Å². The fourth-order valence-corrected chi connectivity index (χ4v) is 7.68. The largest absolute Gasteiger partial charge is 2.00 e. The zero-order valence-corrected chi connectivity index (χ0v) is 34.8. The van der Waals surface area contributed by atoms with E-state index in [1.54, 1.807) is 0 Å². The molecule has 0 aliphatic carbocycles. The maximum Gasteiger partial charge on any atom is 2.00 e. The molecule has 280 valence electrons. The second-order valence-corrected chi connectivity index (χ2v) is 16.0. The molecule has 0 N–H and O–H groups in total. The zero-order valence-electron chi connectivity index (χ0n) is 33.2. The summed E-state index contributed by atoms with van der Waals surface area (Å²) in [4.78, 5) is 4.85. The van der Waals surface area contributed by atoms with Crippen LogP contribution in [-0.2, 0) is 45.1 Å². The summed E-state index contributed by atoms with van der Waals surface area (Å²) in [5.74, 6) is 2.71. The number of pyridine rings is 1. The van der Waals surface area contributed by atoms with Gasteiger partial charge in [-0.25, -0.2) is 4.98 Å². The van der Waals surface area contributed by atoms with Crippen molar-refractivity contribution in [3.05, 3.63) is 131 Å². The van der Waals surface area contributed by atoms with Crippen molar-refractivity contribution in [3.8, 4) is 34.1 Å². The van der Waals surface area contributed by atoms with Crippen LogP contribution >= 0.6 is 0 Å². The Morgan fingerprint density at radius 3 is 2.22 bits per heavy atom. The fourth-order valence-electron chi connectivity index (χ4n) is 7.68. The Kier molecular flexibility index (Phi) is 11.7. The van der Waals surface area contributed by atoms with Crippen LogP contribution in [0.1, 0.15) is 94.9 Å². The van der Waals surface area contributed by atoms with Gasteiger partial charge in [-0.15, -0.1) is 41.3 Å². The summed E-state index contributed by atoms with van der Waals surface area (Å²) in [6, 6.07) is 35.3. The third kappa shape index (κ3) is 7.70. The van der Waals surface area contributed by atoms with Gasteiger partial charge in [0.15, 0.2) is 0 Å². The van der Waals surface area contributed by atoms with E-state index in [4.69, 9.17) is 14.8 Å². The van der Waals surface area contributed by atoms with Crippen molar-refractivity contribution in [1.82, 2.24) is 19.3 Å². The molecule has 54 heavy (non-hydrogen) atoms. The molecule has 4 aromatic carbocycles. The normalized spacial score (nSPS) is 11.8. The summed E-state index contributed by atoms with van der Waals surface area (Å²) in [6.07, 6.45) is 6.76. The van der Waals surface area contributed by atoms with Crippen molar-refractivity contribution in [2.75, 3.05) is 0 Å². The minimum absolute atomic E-state index is 0. The van der Waals surface area contributed by atoms with Crippen LogP contribution in [0.25, 0.3) is 44.4 Å². The van der Waals surface area contributed by atoms with Gasteiger partial charge in [0.05, 0.1) is 5.69 Å². The van der Waals surface area contributed by atoms with Gasteiger partial charge >= 0.3 is 20.4 Å². The average molecular weight is 807 g/mol. The molecule has 0 saturated heterocycles. The van der Waals surface area contributed by atoms with Crippen molar-refractivity contribution < 1.29 is 25.2 Å². The molecule has 6 heteroatoms. The van der Waals surface area contributed by atoms with E-state index in [2.05, 4.69) is 156 Å². The first-order valence-electron chi connectivity index (χ1n) is 19.3. The predicted octanol–water partition coefficient (Wildman–Crippen LogP) is 12.4. The smallest absolute Gasteiger partial charge is 0.509 e. The van der Waals surface area contributed by atoms with Crippen LogP contribution in [-0.4, -0.2) is 19.3 Å². The Hall–Kier alpha value is -4.50. The molecule has 0 unspecified atom stereocenters. The van der Waals surface area contributed by atoms with E-state index in [0.717, 1.165) is 76.7 Å². The van der Waals surface area contributed by atoms with Crippen LogP contribution in [0.5, 0.6) is 11.5 Å². The fraction of sp³-hybridized carbons (Fsp3) is 0.333. The summed E-state index contributed by atoms with van der Waals surface area (Å²) in [5.41, 5.74) is 12.7. The molecule has 0 spiro atoms. The molecule has 0 saturated carbocycles. The van der Waals surface area contributed by atoms with Crippen LogP contribution in [0.4, 0.5) is 0 Å². The zero-order chi connectivity index (χ0) is 37.4. The van der Waals surface area contributed by atoms with Crippen molar-refractivity contribution in [3.63, 3.8) is 0 Å². The number of hydrogen-bond donors (Lipinski definition) is 0. The first kappa shape index (κ1) is 39.2. The average Bonchev–Trinajstić information content (AvgIpc) is 3.63. The first-order chi connectivity index (χ1) is 25.5. The molecule has 0 atom stereocenters. The van der Waals surface area contributed by atoms with Crippen LogP contribution < -0.4 is 4.74 Å². The molecule has 0 amide bonds. The third-order valence-electron chi connectivity index (χ3n) is 10.1. The molecule has 7 rings (SSSR count). The van der Waals surface area contributed by atoms with Crippen LogP contribution in [0.2, 0.25) is 0 Å². The molecule has 3 aromatic heterocycles. The molecule has 3 heterocycles. The van der Waals surface area contributed by atoms with Crippen molar-refractivity contribution in [2.24, 2.45) is 5.92 Å². The predicted molar refractivity (Wildman–Crippen MR) is 220 cm³/mol. The van der Waals surface area contributed by atoms with E-state index in [1.165, 1.54) is 33.5 Å². The molecule has 0 aliphatic rings. The standard InChI is InChI=1S/C48H52N4O.Pd/c1-10-15-41-47(46-32(5)17-14-18-33(46)6)43(16-11-2)52(50-41)36-27-35(48(7,8)9)28-38(29-36)53-37-21-22-40-39-19-12-13-20-42(39)51(44(40)30-37)45-26-34(23-24-49-45)25-31(3)4;/h12-14,17-24,26-28,31H,10-11,15-16,25H2,1-9H3;/q-2;+2. The summed E-state index contributed by atoms with van der Waals surface area (Å²) in [6.45, 7) is 20.1. The van der Waals surface area contributed by atoms with E-state index in [-0.39, 0.29) is 25.8 Å². The van der Waals surface area contributed by atoms with Gasteiger partial charge in [0.25, 0.3) is 0 Å². The van der Waals surface area contributed by atoms with Gasteiger partial charge < -0.3 is 9.30 Å². The van der Waals surface area contributed by atoms with Gasteiger partial charge in [-0.2, -0.15) is 11.2 Å². The molecule has 0 aliphatic heterocycles. The number of benzene rings is 4. The van der Waals surface area contributed by atoms with Crippen LogP contribution in [0.3, 0.4) is 0 Å². The van der Waals surface area contributed by atoms with Crippen LogP contribution in [0, 0.1) is 31.9 Å². The van der Waals surface area contributed by atoms with Gasteiger partial charge in [-0.05, 0) is 96.0 Å². The van der Waals surface area contributed by atoms with Gasteiger partial charge in [-0.1, -0.05) is 103 Å². The number of aryl methyl sites for hydroxylation is 3. The summed E-state index contributed by atoms with van der Waals surface area (Å²) >= 11 is 0. The Balaban J connectivity index is 0.00000497. The monoisotopic (exact) mass is 806 g/mol. The minimum atomic E-state index is -0.130. The molecule has 7 aromatic rings. The van der Waals surface area contributed by atoms with E-state index in [9.17, 15) is 0 Å².